The monoisotopic (exact) mass is 347 g/mol. The first-order valence-corrected chi connectivity index (χ1v) is 10.1. The van der Waals surface area contributed by atoms with Crippen LogP contribution in [0.1, 0.15) is 30.6 Å². The number of fused-ring (bicyclic) bond motifs is 3. The average Bonchev–Trinajstić information content (AvgIpc) is 3.08. The van der Waals surface area contributed by atoms with E-state index in [-0.39, 0.29) is 29.6 Å². The van der Waals surface area contributed by atoms with Gasteiger partial charge in [0.25, 0.3) is 0 Å². The zero-order chi connectivity index (χ0) is 16.9. The summed E-state index contributed by atoms with van der Waals surface area (Å²) < 4.78 is 23.1. The second kappa shape index (κ2) is 5.51. The molecule has 2 aromatic rings. The molecule has 0 radical (unpaired) electrons. The lowest BCUT2D eigenvalue weighted by Gasteiger charge is -2.34. The van der Waals surface area contributed by atoms with E-state index in [9.17, 15) is 13.2 Å². The van der Waals surface area contributed by atoms with Gasteiger partial charge in [0.2, 0.25) is 0 Å². The number of para-hydroxylation sites is 1. The van der Waals surface area contributed by atoms with E-state index in [1.807, 2.05) is 25.1 Å². The molecule has 0 aliphatic carbocycles. The summed E-state index contributed by atoms with van der Waals surface area (Å²) in [5.74, 6) is 0.221. The number of carbonyl (C=O) groups is 1. The molecule has 128 valence electrons. The van der Waals surface area contributed by atoms with Gasteiger partial charge in [0.15, 0.2) is 9.84 Å². The van der Waals surface area contributed by atoms with E-state index in [0.717, 1.165) is 17.6 Å². The standard InChI is InChI=1S/C17H21N3O3S/c1-11-16-14(13-4-2-3-5-15(13)19-16)6-8-20(11)17(21)18-12-7-9-24(22,23)10-12/h2-5,11-12,19H,6-10H2,1H3,(H,18,21)/t11-,12-/m0/s1. The minimum atomic E-state index is -2.99. The Labute approximate surface area is 141 Å². The number of nitrogens with zero attached hydrogens (tertiary/aromatic N) is 1. The Balaban J connectivity index is 1.54. The molecule has 3 heterocycles. The van der Waals surface area contributed by atoms with Crippen molar-refractivity contribution in [3.63, 3.8) is 0 Å². The van der Waals surface area contributed by atoms with E-state index in [0.29, 0.717) is 13.0 Å². The Hall–Kier alpha value is -2.02. The predicted molar refractivity (Wildman–Crippen MR) is 92.7 cm³/mol. The van der Waals surface area contributed by atoms with Gasteiger partial charge in [0.1, 0.15) is 0 Å². The number of hydrogen-bond acceptors (Lipinski definition) is 3. The lowest BCUT2D eigenvalue weighted by Crippen LogP contribution is -2.48. The zero-order valence-electron chi connectivity index (χ0n) is 13.6. The van der Waals surface area contributed by atoms with Gasteiger partial charge in [-0.3, -0.25) is 0 Å². The second-order valence-electron chi connectivity index (χ2n) is 6.73. The van der Waals surface area contributed by atoms with Gasteiger partial charge in [0.05, 0.1) is 17.5 Å². The molecule has 24 heavy (non-hydrogen) atoms. The van der Waals surface area contributed by atoms with Crippen LogP contribution in [0.5, 0.6) is 0 Å². The number of benzene rings is 1. The van der Waals surface area contributed by atoms with Gasteiger partial charge in [-0.05, 0) is 31.4 Å². The van der Waals surface area contributed by atoms with Gasteiger partial charge >= 0.3 is 6.03 Å². The van der Waals surface area contributed by atoms with Gasteiger partial charge in [-0.1, -0.05) is 18.2 Å². The van der Waals surface area contributed by atoms with E-state index in [4.69, 9.17) is 0 Å². The summed E-state index contributed by atoms with van der Waals surface area (Å²) in [4.78, 5) is 17.8. The highest BCUT2D eigenvalue weighted by molar-refractivity contribution is 7.91. The highest BCUT2D eigenvalue weighted by atomic mass is 32.2. The number of aromatic nitrogens is 1. The van der Waals surface area contributed by atoms with Crippen LogP contribution in [0.15, 0.2) is 24.3 Å². The van der Waals surface area contributed by atoms with Gasteiger partial charge in [-0.15, -0.1) is 0 Å². The fraction of sp³-hybridized carbons (Fsp3) is 0.471. The molecule has 2 aliphatic rings. The van der Waals surface area contributed by atoms with E-state index >= 15 is 0 Å². The number of carbonyl (C=O) groups excluding carboxylic acids is 1. The van der Waals surface area contributed by atoms with Crippen molar-refractivity contribution in [1.29, 1.82) is 0 Å². The van der Waals surface area contributed by atoms with Gasteiger partial charge in [0, 0.05) is 29.2 Å². The van der Waals surface area contributed by atoms with Crippen molar-refractivity contribution in [2.45, 2.75) is 31.8 Å². The highest BCUT2D eigenvalue weighted by Gasteiger charge is 2.34. The van der Waals surface area contributed by atoms with E-state index in [2.05, 4.69) is 16.4 Å². The van der Waals surface area contributed by atoms with Crippen molar-refractivity contribution in [2.24, 2.45) is 0 Å². The molecule has 1 aromatic carbocycles. The van der Waals surface area contributed by atoms with Crippen LogP contribution in [-0.2, 0) is 16.3 Å². The van der Waals surface area contributed by atoms with Gasteiger partial charge in [-0.2, -0.15) is 0 Å². The third kappa shape index (κ3) is 2.56. The number of urea groups is 1. The molecule has 6 nitrogen and oxygen atoms in total. The average molecular weight is 347 g/mol. The van der Waals surface area contributed by atoms with Gasteiger partial charge < -0.3 is 15.2 Å². The first kappa shape index (κ1) is 15.5. The Morgan fingerprint density at radius 3 is 2.88 bits per heavy atom. The molecule has 1 saturated heterocycles. The molecule has 2 amide bonds. The largest absolute Gasteiger partial charge is 0.356 e. The topological polar surface area (TPSA) is 82.3 Å². The molecule has 4 rings (SSSR count). The summed E-state index contributed by atoms with van der Waals surface area (Å²) in [5.41, 5.74) is 3.46. The quantitative estimate of drug-likeness (QED) is 0.827. The summed E-state index contributed by atoms with van der Waals surface area (Å²) >= 11 is 0. The van der Waals surface area contributed by atoms with Crippen molar-refractivity contribution >= 4 is 26.8 Å². The third-order valence-electron chi connectivity index (χ3n) is 5.16. The molecule has 0 spiro atoms. The first-order chi connectivity index (χ1) is 11.4. The maximum atomic E-state index is 12.6. The molecular formula is C17H21N3O3S. The molecule has 1 fully saturated rings. The van der Waals surface area contributed by atoms with Crippen LogP contribution >= 0.6 is 0 Å². The van der Waals surface area contributed by atoms with Crippen LogP contribution < -0.4 is 5.32 Å². The molecule has 2 N–H and O–H groups in total. The fourth-order valence-corrected chi connectivity index (χ4v) is 5.55. The van der Waals surface area contributed by atoms with Crippen molar-refractivity contribution in [2.75, 3.05) is 18.1 Å². The minimum Gasteiger partial charge on any atom is -0.356 e. The van der Waals surface area contributed by atoms with E-state index in [1.165, 1.54) is 10.9 Å². The minimum absolute atomic E-state index is 0.0542. The number of sulfone groups is 1. The number of rotatable bonds is 1. The molecule has 7 heteroatoms. The maximum absolute atomic E-state index is 12.6. The molecule has 1 aromatic heterocycles. The summed E-state index contributed by atoms with van der Waals surface area (Å²) in [5, 5.41) is 4.12. The van der Waals surface area contributed by atoms with E-state index < -0.39 is 9.84 Å². The van der Waals surface area contributed by atoms with Crippen molar-refractivity contribution in [3.8, 4) is 0 Å². The van der Waals surface area contributed by atoms with Crippen molar-refractivity contribution in [1.82, 2.24) is 15.2 Å². The normalized spacial score (nSPS) is 25.6. The summed E-state index contributed by atoms with van der Waals surface area (Å²) in [6.07, 6.45) is 1.31. The molecule has 0 unspecified atom stereocenters. The summed E-state index contributed by atoms with van der Waals surface area (Å²) in [7, 11) is -2.99. The lowest BCUT2D eigenvalue weighted by atomic mass is 9.98. The molecule has 0 bridgehead atoms. The molecule has 2 aliphatic heterocycles. The second-order valence-corrected chi connectivity index (χ2v) is 8.96. The van der Waals surface area contributed by atoms with Crippen LogP contribution in [-0.4, -0.2) is 48.4 Å². The Bertz CT molecular complexity index is 903. The first-order valence-electron chi connectivity index (χ1n) is 8.31. The zero-order valence-corrected chi connectivity index (χ0v) is 14.4. The van der Waals surface area contributed by atoms with Crippen LogP contribution in [0.25, 0.3) is 10.9 Å². The maximum Gasteiger partial charge on any atom is 0.318 e. The molecule has 2 atom stereocenters. The number of nitrogens with one attached hydrogen (secondary N) is 2. The van der Waals surface area contributed by atoms with E-state index in [1.54, 1.807) is 4.90 Å². The number of amides is 2. The predicted octanol–water partition coefficient (Wildman–Crippen LogP) is 1.98. The van der Waals surface area contributed by atoms with Crippen LogP contribution in [0.3, 0.4) is 0 Å². The number of H-pyrrole nitrogens is 1. The summed E-state index contributed by atoms with van der Waals surface area (Å²) in [6.45, 7) is 2.65. The smallest absolute Gasteiger partial charge is 0.318 e. The van der Waals surface area contributed by atoms with Crippen molar-refractivity contribution in [3.05, 3.63) is 35.5 Å². The SMILES string of the molecule is C[C@H]1c2[nH]c3ccccc3c2CCN1C(=O)N[C@H]1CCS(=O)(=O)C1. The highest BCUT2D eigenvalue weighted by Crippen LogP contribution is 2.34. The molecular weight excluding hydrogens is 326 g/mol. The van der Waals surface area contributed by atoms with Gasteiger partial charge in [-0.25, -0.2) is 13.2 Å². The van der Waals surface area contributed by atoms with Crippen LogP contribution in [0.2, 0.25) is 0 Å². The number of hydrogen-bond donors (Lipinski definition) is 2. The van der Waals surface area contributed by atoms with Crippen LogP contribution in [0, 0.1) is 0 Å². The summed E-state index contributed by atoms with van der Waals surface area (Å²) in [6, 6.07) is 7.69. The van der Waals surface area contributed by atoms with Crippen molar-refractivity contribution < 1.29 is 13.2 Å². The number of aromatic amines is 1. The lowest BCUT2D eigenvalue weighted by molar-refractivity contribution is 0.171. The third-order valence-corrected chi connectivity index (χ3v) is 6.92. The Kier molecular flexibility index (Phi) is 3.56. The Morgan fingerprint density at radius 2 is 2.12 bits per heavy atom. The Morgan fingerprint density at radius 1 is 1.33 bits per heavy atom. The molecule has 0 saturated carbocycles. The van der Waals surface area contributed by atoms with Crippen LogP contribution in [0.4, 0.5) is 4.79 Å². The fourth-order valence-electron chi connectivity index (χ4n) is 3.87.